The highest BCUT2D eigenvalue weighted by molar-refractivity contribution is 7.61. The van der Waals surface area contributed by atoms with E-state index in [0.717, 1.165) is 46.6 Å². The Morgan fingerprint density at radius 3 is 1.51 bits per heavy atom. The monoisotopic (exact) mass is 527 g/mol. The fourth-order valence-electron chi connectivity index (χ4n) is 5.40. The maximum atomic E-state index is 12.2. The fourth-order valence-corrected chi connectivity index (χ4v) is 7.22. The second-order valence-corrected chi connectivity index (χ2v) is 15.4. The standard InChI is InChI=1S/C33H52O3P/c1-11-12-13-14-15-16-17-18-37(34)35-30-26(19-23(2)21-28(30)32(5,6)7)25(4)27-20-24(3)22-29(31(27)36-37)33(8,9)10/h19-22,25,34H,11-18H2,1-10H3/q+1. The Bertz CT molecular complexity index is 1000. The van der Waals surface area contributed by atoms with Gasteiger partial charge in [-0.2, -0.15) is 4.89 Å². The molecule has 0 atom stereocenters. The van der Waals surface area contributed by atoms with Gasteiger partial charge in [-0.1, -0.05) is 123 Å². The average molecular weight is 528 g/mol. The lowest BCUT2D eigenvalue weighted by Gasteiger charge is -2.33. The van der Waals surface area contributed by atoms with Crippen LogP contribution in [0.15, 0.2) is 24.3 Å². The number of aryl methyl sites for hydroxylation is 2. The number of benzene rings is 2. The molecule has 0 saturated heterocycles. The topological polar surface area (TPSA) is 38.7 Å². The summed E-state index contributed by atoms with van der Waals surface area (Å²) in [5.41, 5.74) is 6.79. The molecule has 0 bridgehead atoms. The predicted molar refractivity (Wildman–Crippen MR) is 161 cm³/mol. The molecule has 0 unspecified atom stereocenters. The summed E-state index contributed by atoms with van der Waals surface area (Å²) in [7, 11) is -3.21. The van der Waals surface area contributed by atoms with Gasteiger partial charge in [0.2, 0.25) is 0 Å². The minimum absolute atomic E-state index is 0.0827. The van der Waals surface area contributed by atoms with Gasteiger partial charge in [0.25, 0.3) is 0 Å². The molecule has 3 nitrogen and oxygen atoms in total. The Labute approximate surface area is 228 Å². The van der Waals surface area contributed by atoms with Crippen LogP contribution in [-0.2, 0) is 10.8 Å². The van der Waals surface area contributed by atoms with Crippen molar-refractivity contribution in [2.45, 2.75) is 131 Å². The Kier molecular flexibility index (Phi) is 9.45. The van der Waals surface area contributed by atoms with Crippen LogP contribution in [0.25, 0.3) is 0 Å². The first kappa shape index (κ1) is 30.0. The van der Waals surface area contributed by atoms with Crippen molar-refractivity contribution in [2.24, 2.45) is 0 Å². The molecule has 0 radical (unpaired) electrons. The second-order valence-electron chi connectivity index (χ2n) is 13.3. The van der Waals surface area contributed by atoms with Crippen molar-refractivity contribution in [1.82, 2.24) is 0 Å². The SMILES string of the molecule is CCCCCCCCC[P+]1(O)Oc2c(cc(C)cc2C(C)(C)C)C(C)c2cc(C)cc(C(C)(C)C)c2O1. The molecule has 1 aliphatic heterocycles. The summed E-state index contributed by atoms with van der Waals surface area (Å²) in [4.78, 5) is 12.2. The van der Waals surface area contributed by atoms with Gasteiger partial charge in [-0.05, 0) is 37.5 Å². The van der Waals surface area contributed by atoms with Crippen LogP contribution in [0.5, 0.6) is 11.5 Å². The fraction of sp³-hybridized carbons (Fsp3) is 0.636. The molecule has 0 saturated carbocycles. The average Bonchev–Trinajstić information content (AvgIpc) is 2.77. The summed E-state index contributed by atoms with van der Waals surface area (Å²) < 4.78 is 13.5. The molecular formula is C33H52O3P+. The first-order valence-electron chi connectivity index (χ1n) is 14.5. The highest BCUT2D eigenvalue weighted by atomic mass is 31.2. The van der Waals surface area contributed by atoms with Crippen molar-refractivity contribution < 1.29 is 13.9 Å². The molecule has 0 spiro atoms. The van der Waals surface area contributed by atoms with Crippen molar-refractivity contribution in [1.29, 1.82) is 0 Å². The first-order valence-corrected chi connectivity index (χ1v) is 16.2. The van der Waals surface area contributed by atoms with E-state index in [-0.39, 0.29) is 16.7 Å². The summed E-state index contributed by atoms with van der Waals surface area (Å²) in [5, 5.41) is 0. The van der Waals surface area contributed by atoms with E-state index in [2.05, 4.69) is 93.5 Å². The maximum absolute atomic E-state index is 12.2. The van der Waals surface area contributed by atoms with E-state index in [9.17, 15) is 4.89 Å². The van der Waals surface area contributed by atoms with Crippen LogP contribution in [0.4, 0.5) is 0 Å². The number of unbranched alkanes of at least 4 members (excludes halogenated alkanes) is 6. The predicted octanol–water partition coefficient (Wildman–Crippen LogP) is 10.3. The third kappa shape index (κ3) is 7.30. The molecule has 37 heavy (non-hydrogen) atoms. The first-order chi connectivity index (χ1) is 17.2. The third-order valence-corrected chi connectivity index (χ3v) is 9.40. The molecule has 0 amide bonds. The summed E-state index contributed by atoms with van der Waals surface area (Å²) in [6.45, 7) is 22.2. The second kappa shape index (κ2) is 11.7. The van der Waals surface area contributed by atoms with E-state index in [1.54, 1.807) is 0 Å². The summed E-state index contributed by atoms with van der Waals surface area (Å²) in [6, 6.07) is 8.95. The molecule has 1 heterocycles. The Hall–Kier alpha value is -1.57. The third-order valence-electron chi connectivity index (χ3n) is 7.59. The van der Waals surface area contributed by atoms with Crippen LogP contribution in [0.3, 0.4) is 0 Å². The van der Waals surface area contributed by atoms with Gasteiger partial charge in [0.15, 0.2) is 17.7 Å². The summed E-state index contributed by atoms with van der Waals surface area (Å²) >= 11 is 0. The van der Waals surface area contributed by atoms with Crippen molar-refractivity contribution in [3.8, 4) is 11.5 Å². The number of hydrogen-bond donors (Lipinski definition) is 1. The highest BCUT2D eigenvalue weighted by Crippen LogP contribution is 2.63. The largest absolute Gasteiger partial charge is 0.495 e. The molecule has 0 aliphatic carbocycles. The smallest absolute Gasteiger partial charge is 0.277 e. The lowest BCUT2D eigenvalue weighted by Crippen LogP contribution is -2.24. The number of fused-ring (bicyclic) bond motifs is 2. The molecule has 2 aromatic rings. The van der Waals surface area contributed by atoms with Crippen molar-refractivity contribution >= 4 is 7.94 Å². The Morgan fingerprint density at radius 2 is 1.11 bits per heavy atom. The van der Waals surface area contributed by atoms with E-state index in [1.165, 1.54) is 43.2 Å². The van der Waals surface area contributed by atoms with Gasteiger partial charge in [0.05, 0.1) is 0 Å². The quantitative estimate of drug-likeness (QED) is 0.274. The van der Waals surface area contributed by atoms with E-state index < -0.39 is 7.94 Å². The minimum atomic E-state index is -3.21. The lowest BCUT2D eigenvalue weighted by atomic mass is 9.79. The zero-order valence-corrected chi connectivity index (χ0v) is 26.1. The molecule has 206 valence electrons. The minimum Gasteiger partial charge on any atom is -0.277 e. The van der Waals surface area contributed by atoms with E-state index in [0.29, 0.717) is 6.16 Å². The van der Waals surface area contributed by atoms with Crippen LogP contribution in [0.2, 0.25) is 0 Å². The van der Waals surface area contributed by atoms with Gasteiger partial charge >= 0.3 is 7.94 Å². The Morgan fingerprint density at radius 1 is 0.703 bits per heavy atom. The molecule has 0 aromatic heterocycles. The van der Waals surface area contributed by atoms with Gasteiger partial charge in [-0.25, -0.2) is 0 Å². The molecule has 3 rings (SSSR count). The van der Waals surface area contributed by atoms with Crippen molar-refractivity contribution in [3.05, 3.63) is 57.6 Å². The molecule has 1 N–H and O–H groups in total. The maximum Gasteiger partial charge on any atom is 0.495 e. The molecule has 2 aromatic carbocycles. The van der Waals surface area contributed by atoms with E-state index in [4.69, 9.17) is 9.05 Å². The normalized spacial score (nSPS) is 19.8. The summed E-state index contributed by atoms with van der Waals surface area (Å²) in [6.07, 6.45) is 8.86. The van der Waals surface area contributed by atoms with E-state index in [1.807, 2.05) is 0 Å². The lowest BCUT2D eigenvalue weighted by molar-refractivity contribution is 0.328. The molecule has 0 fully saturated rings. The van der Waals surface area contributed by atoms with Gasteiger partial charge in [-0.15, -0.1) is 0 Å². The van der Waals surface area contributed by atoms with Crippen LogP contribution in [-0.4, -0.2) is 11.1 Å². The van der Waals surface area contributed by atoms with Crippen LogP contribution in [0, 0.1) is 13.8 Å². The van der Waals surface area contributed by atoms with E-state index >= 15 is 0 Å². The molecule has 1 aliphatic rings. The number of rotatable bonds is 8. The molecule has 4 heteroatoms. The van der Waals surface area contributed by atoms with Gasteiger partial charge in [-0.3, -0.25) is 9.05 Å². The Balaban J connectivity index is 2.13. The van der Waals surface area contributed by atoms with Crippen LogP contribution in [0.1, 0.15) is 140 Å². The molecular weight excluding hydrogens is 475 g/mol. The summed E-state index contributed by atoms with van der Waals surface area (Å²) in [5.74, 6) is 1.74. The van der Waals surface area contributed by atoms with Crippen molar-refractivity contribution in [3.63, 3.8) is 0 Å². The van der Waals surface area contributed by atoms with Crippen LogP contribution >= 0.6 is 7.94 Å². The van der Waals surface area contributed by atoms with Gasteiger partial charge < -0.3 is 0 Å². The van der Waals surface area contributed by atoms with Gasteiger partial charge in [0, 0.05) is 28.2 Å². The zero-order chi connectivity index (χ0) is 27.6. The highest BCUT2D eigenvalue weighted by Gasteiger charge is 2.49. The zero-order valence-electron chi connectivity index (χ0n) is 25.3. The van der Waals surface area contributed by atoms with Crippen molar-refractivity contribution in [2.75, 3.05) is 6.16 Å². The number of hydrogen-bond acceptors (Lipinski definition) is 3. The van der Waals surface area contributed by atoms with Crippen LogP contribution < -0.4 is 9.05 Å². The van der Waals surface area contributed by atoms with Gasteiger partial charge in [0.1, 0.15) is 0 Å².